The molecule has 0 atom stereocenters. The maximum absolute atomic E-state index is 12.7. The Morgan fingerprint density at radius 1 is 1.16 bits per heavy atom. The molecule has 0 aliphatic rings. The summed E-state index contributed by atoms with van der Waals surface area (Å²) >= 11 is 0. The summed E-state index contributed by atoms with van der Waals surface area (Å²) in [7, 11) is 0. The third-order valence-electron chi connectivity index (χ3n) is 5.06. The monoisotopic (exact) mass is 416 g/mol. The Morgan fingerprint density at radius 3 is 2.87 bits per heavy atom. The third-order valence-corrected chi connectivity index (χ3v) is 5.06. The number of anilines is 2. The molecule has 156 valence electrons. The van der Waals surface area contributed by atoms with Crippen LogP contribution in [0.5, 0.6) is 0 Å². The fourth-order valence-corrected chi connectivity index (χ4v) is 3.59. The van der Waals surface area contributed by atoms with E-state index in [1.807, 2.05) is 48.8 Å². The van der Waals surface area contributed by atoms with Crippen LogP contribution in [0.3, 0.4) is 0 Å². The van der Waals surface area contributed by atoms with Gasteiger partial charge in [-0.2, -0.15) is 14.6 Å². The molecule has 5 aromatic heterocycles. The smallest absolute Gasteiger partial charge is 0.254 e. The summed E-state index contributed by atoms with van der Waals surface area (Å²) in [4.78, 5) is 25.7. The van der Waals surface area contributed by atoms with E-state index in [4.69, 9.17) is 5.73 Å². The lowest BCUT2D eigenvalue weighted by atomic mass is 10.1. The van der Waals surface area contributed by atoms with Gasteiger partial charge in [-0.25, -0.2) is 9.97 Å². The number of rotatable bonds is 5. The number of nitrogens with one attached hydrogen (secondary N) is 1. The number of carbonyl (C=O) groups excluding carboxylic acids is 1. The first-order chi connectivity index (χ1) is 15.0. The van der Waals surface area contributed by atoms with Crippen molar-refractivity contribution in [2.24, 2.45) is 0 Å². The Hall–Kier alpha value is -4.28. The van der Waals surface area contributed by atoms with E-state index in [1.165, 1.54) is 0 Å². The van der Waals surface area contributed by atoms with Gasteiger partial charge in [-0.3, -0.25) is 9.48 Å². The van der Waals surface area contributed by atoms with Crippen LogP contribution in [0, 0.1) is 13.8 Å². The molecule has 31 heavy (non-hydrogen) atoms. The number of nitrogen functional groups attached to an aromatic ring is 1. The first kappa shape index (κ1) is 18.7. The molecule has 11 heteroatoms. The number of aryl methyl sites for hydroxylation is 2. The Kier molecular flexibility index (Phi) is 4.35. The van der Waals surface area contributed by atoms with Crippen LogP contribution >= 0.6 is 0 Å². The van der Waals surface area contributed by atoms with Gasteiger partial charge in [0.2, 0.25) is 11.9 Å². The predicted octanol–water partition coefficient (Wildman–Crippen LogP) is 1.40. The highest BCUT2D eigenvalue weighted by Crippen LogP contribution is 2.16. The number of fused-ring (bicyclic) bond motifs is 2. The average Bonchev–Trinajstić information content (AvgIpc) is 3.43. The molecular formula is C20H20N10O. The highest BCUT2D eigenvalue weighted by molar-refractivity contribution is 5.92. The zero-order chi connectivity index (χ0) is 21.5. The van der Waals surface area contributed by atoms with Crippen molar-refractivity contribution >= 4 is 29.0 Å². The van der Waals surface area contributed by atoms with Crippen molar-refractivity contribution in [3.8, 4) is 0 Å². The normalized spacial score (nSPS) is 11.4. The van der Waals surface area contributed by atoms with Crippen LogP contribution in [0.2, 0.25) is 0 Å². The van der Waals surface area contributed by atoms with Gasteiger partial charge in [0.05, 0.1) is 30.5 Å². The van der Waals surface area contributed by atoms with Gasteiger partial charge in [0.1, 0.15) is 5.65 Å². The minimum atomic E-state index is -0.173. The molecule has 1 amide bonds. The van der Waals surface area contributed by atoms with Gasteiger partial charge in [0, 0.05) is 35.5 Å². The second-order valence-corrected chi connectivity index (χ2v) is 7.29. The van der Waals surface area contributed by atoms with E-state index in [9.17, 15) is 4.79 Å². The number of carbonyl (C=O) groups is 1. The van der Waals surface area contributed by atoms with Gasteiger partial charge in [-0.1, -0.05) is 6.07 Å². The number of aromatic nitrogens is 8. The molecule has 5 aromatic rings. The van der Waals surface area contributed by atoms with Gasteiger partial charge in [0.25, 0.3) is 5.78 Å². The summed E-state index contributed by atoms with van der Waals surface area (Å²) in [6.45, 7) is 4.21. The van der Waals surface area contributed by atoms with Crippen molar-refractivity contribution < 1.29 is 4.79 Å². The maximum Gasteiger partial charge on any atom is 0.254 e. The second-order valence-electron chi connectivity index (χ2n) is 7.29. The second kappa shape index (κ2) is 7.20. The summed E-state index contributed by atoms with van der Waals surface area (Å²) in [5.74, 6) is 0.396. The zero-order valence-corrected chi connectivity index (χ0v) is 17.0. The minimum absolute atomic E-state index is 0.148. The highest BCUT2D eigenvalue weighted by atomic mass is 16.1. The summed E-state index contributed by atoms with van der Waals surface area (Å²) in [6, 6.07) is 5.85. The molecule has 0 aliphatic heterocycles. The number of hydrogen-bond acceptors (Lipinski definition) is 7. The molecule has 0 spiro atoms. The molecule has 11 nitrogen and oxygen atoms in total. The Bertz CT molecular complexity index is 1390. The first-order valence-electron chi connectivity index (χ1n) is 9.69. The lowest BCUT2D eigenvalue weighted by Crippen LogP contribution is -2.17. The van der Waals surface area contributed by atoms with Crippen molar-refractivity contribution in [1.29, 1.82) is 0 Å². The minimum Gasteiger partial charge on any atom is -0.366 e. The quantitative estimate of drug-likeness (QED) is 0.442. The van der Waals surface area contributed by atoms with Gasteiger partial charge in [0.15, 0.2) is 0 Å². The van der Waals surface area contributed by atoms with Crippen LogP contribution in [0.15, 0.2) is 43.0 Å². The number of hydrogen-bond donors (Lipinski definition) is 2. The number of amides is 1. The molecule has 0 unspecified atom stereocenters. The van der Waals surface area contributed by atoms with E-state index in [-0.39, 0.29) is 18.3 Å². The van der Waals surface area contributed by atoms with Crippen LogP contribution in [0.25, 0.3) is 11.4 Å². The fraction of sp³-hybridized carbons (Fsp3) is 0.200. The maximum atomic E-state index is 12.7. The largest absolute Gasteiger partial charge is 0.366 e. The van der Waals surface area contributed by atoms with E-state index >= 15 is 0 Å². The molecule has 5 rings (SSSR count). The van der Waals surface area contributed by atoms with E-state index in [2.05, 4.69) is 30.5 Å². The molecular weight excluding hydrogens is 396 g/mol. The van der Waals surface area contributed by atoms with Gasteiger partial charge < -0.3 is 15.5 Å². The van der Waals surface area contributed by atoms with Crippen molar-refractivity contribution in [1.82, 2.24) is 38.7 Å². The van der Waals surface area contributed by atoms with Crippen LogP contribution < -0.4 is 11.1 Å². The topological polar surface area (TPSA) is 133 Å². The molecule has 0 saturated heterocycles. The lowest BCUT2D eigenvalue weighted by Gasteiger charge is -2.10. The standard InChI is InChI=1S/C20H20N10O/c1-12-16(13(2)30-20(23-12)26-19(21)27-30)7-18(31)25-14-8-22-29(10-14)11-15-9-28-6-4-3-5-17(28)24-15/h3-6,8-10H,7,11H2,1-2H3,(H2,21,27)(H,25,31). The van der Waals surface area contributed by atoms with E-state index < -0.39 is 0 Å². The SMILES string of the molecule is Cc1nc2nc(N)nn2c(C)c1CC(=O)Nc1cnn(Cc2cn3ccccc3n2)c1. The molecule has 3 N–H and O–H groups in total. The molecule has 0 aliphatic carbocycles. The Labute approximate surface area is 176 Å². The summed E-state index contributed by atoms with van der Waals surface area (Å²) in [5.41, 5.74) is 10.3. The van der Waals surface area contributed by atoms with Gasteiger partial charge in [-0.05, 0) is 26.0 Å². The van der Waals surface area contributed by atoms with Crippen LogP contribution in [0.1, 0.15) is 22.6 Å². The first-order valence-corrected chi connectivity index (χ1v) is 9.69. The van der Waals surface area contributed by atoms with Crippen molar-refractivity contribution in [2.45, 2.75) is 26.8 Å². The summed E-state index contributed by atoms with van der Waals surface area (Å²) in [5, 5.41) is 11.3. The molecule has 0 saturated carbocycles. The van der Waals surface area contributed by atoms with Crippen LogP contribution in [0.4, 0.5) is 11.6 Å². The van der Waals surface area contributed by atoms with Crippen molar-refractivity contribution in [2.75, 3.05) is 11.1 Å². The highest BCUT2D eigenvalue weighted by Gasteiger charge is 2.16. The van der Waals surface area contributed by atoms with E-state index in [0.717, 1.165) is 28.3 Å². The number of nitrogens with two attached hydrogens (primary N) is 1. The summed E-state index contributed by atoms with van der Waals surface area (Å²) in [6.07, 6.45) is 7.46. The van der Waals surface area contributed by atoms with Crippen LogP contribution in [-0.2, 0) is 17.8 Å². The van der Waals surface area contributed by atoms with Crippen molar-refractivity contribution in [3.63, 3.8) is 0 Å². The summed E-state index contributed by atoms with van der Waals surface area (Å²) < 4.78 is 5.25. The Morgan fingerprint density at radius 2 is 2.03 bits per heavy atom. The molecule has 0 radical (unpaired) electrons. The molecule has 0 bridgehead atoms. The van der Waals surface area contributed by atoms with E-state index in [0.29, 0.717) is 18.0 Å². The number of pyridine rings is 1. The fourth-order valence-electron chi connectivity index (χ4n) is 3.59. The molecule has 0 aromatic carbocycles. The third kappa shape index (κ3) is 3.56. The molecule has 0 fully saturated rings. The predicted molar refractivity (Wildman–Crippen MR) is 114 cm³/mol. The molecule has 5 heterocycles. The Balaban J connectivity index is 1.29. The number of imidazole rings is 1. The van der Waals surface area contributed by atoms with Crippen LogP contribution in [-0.4, -0.2) is 44.7 Å². The van der Waals surface area contributed by atoms with Crippen molar-refractivity contribution in [3.05, 3.63) is 65.6 Å². The lowest BCUT2D eigenvalue weighted by molar-refractivity contribution is -0.115. The van der Waals surface area contributed by atoms with Gasteiger partial charge >= 0.3 is 0 Å². The number of nitrogens with zero attached hydrogens (tertiary/aromatic N) is 8. The average molecular weight is 416 g/mol. The zero-order valence-electron chi connectivity index (χ0n) is 17.0. The van der Waals surface area contributed by atoms with E-state index in [1.54, 1.807) is 21.6 Å². The van der Waals surface area contributed by atoms with Gasteiger partial charge in [-0.15, -0.1) is 5.10 Å².